The predicted octanol–water partition coefficient (Wildman–Crippen LogP) is 4.18. The number of nitrogens with zero attached hydrogens (tertiary/aromatic N) is 2. The molecule has 0 saturated heterocycles. The largest absolute Gasteiger partial charge is 0.360 e. The van der Waals surface area contributed by atoms with Crippen LogP contribution in [0.15, 0.2) is 39.8 Å². The molecule has 1 aromatic heterocycles. The van der Waals surface area contributed by atoms with Crippen molar-refractivity contribution in [1.29, 1.82) is 5.26 Å². The molecule has 0 bridgehead atoms. The molecule has 0 amide bonds. The van der Waals surface area contributed by atoms with E-state index in [4.69, 9.17) is 9.78 Å². The number of halogens is 2. The van der Waals surface area contributed by atoms with E-state index in [1.165, 1.54) is 0 Å². The highest BCUT2D eigenvalue weighted by Gasteiger charge is 2.24. The quantitative estimate of drug-likeness (QED) is 0.672. The maximum Gasteiger partial charge on any atom is 0.181 e. The summed E-state index contributed by atoms with van der Waals surface area (Å²) in [5.74, 6) is -2.05. The van der Waals surface area contributed by atoms with Gasteiger partial charge in [-0.3, -0.25) is 0 Å². The van der Waals surface area contributed by atoms with Crippen molar-refractivity contribution >= 4 is 9.84 Å². The standard InChI is InChI=1S/C19H14F2N2O3S/c1-10-6-12(4-5-13(10)9-22)18-17(11(2)26-23-18)14-7-15(20)19(16(21)8-14)27(3,24)25/h4-8H,1-3H3. The molecule has 3 aromatic rings. The summed E-state index contributed by atoms with van der Waals surface area (Å²) >= 11 is 0. The lowest BCUT2D eigenvalue weighted by Gasteiger charge is -2.08. The van der Waals surface area contributed by atoms with Gasteiger partial charge < -0.3 is 4.52 Å². The van der Waals surface area contributed by atoms with Gasteiger partial charge in [-0.15, -0.1) is 0 Å². The van der Waals surface area contributed by atoms with E-state index in [0.29, 0.717) is 33.7 Å². The van der Waals surface area contributed by atoms with E-state index in [2.05, 4.69) is 11.2 Å². The van der Waals surface area contributed by atoms with Gasteiger partial charge >= 0.3 is 0 Å². The van der Waals surface area contributed by atoms with E-state index in [0.717, 1.165) is 18.4 Å². The molecule has 8 heteroatoms. The first-order valence-corrected chi connectivity index (χ1v) is 9.69. The molecule has 0 aliphatic heterocycles. The van der Waals surface area contributed by atoms with Gasteiger partial charge in [-0.1, -0.05) is 11.2 Å². The third kappa shape index (κ3) is 3.34. The molecule has 0 spiro atoms. The highest BCUT2D eigenvalue weighted by atomic mass is 32.2. The van der Waals surface area contributed by atoms with Crippen LogP contribution in [-0.2, 0) is 9.84 Å². The molecule has 0 atom stereocenters. The second-order valence-corrected chi connectivity index (χ2v) is 8.10. The van der Waals surface area contributed by atoms with Crippen LogP contribution in [0, 0.1) is 36.8 Å². The molecule has 2 aromatic carbocycles. The van der Waals surface area contributed by atoms with Crippen molar-refractivity contribution in [1.82, 2.24) is 5.16 Å². The summed E-state index contributed by atoms with van der Waals surface area (Å²) in [6, 6.07) is 8.94. The smallest absolute Gasteiger partial charge is 0.181 e. The Bertz CT molecular complexity index is 1190. The Balaban J connectivity index is 2.22. The fourth-order valence-corrected chi connectivity index (χ4v) is 3.73. The fourth-order valence-electron chi connectivity index (χ4n) is 2.90. The zero-order valence-electron chi connectivity index (χ0n) is 14.7. The SMILES string of the molecule is Cc1cc(-c2noc(C)c2-c2cc(F)c(S(C)(=O)=O)c(F)c2)ccc1C#N. The van der Waals surface area contributed by atoms with Crippen molar-refractivity contribution in [2.45, 2.75) is 18.7 Å². The number of nitriles is 1. The molecule has 1 heterocycles. The summed E-state index contributed by atoms with van der Waals surface area (Å²) in [6.45, 7) is 3.34. The van der Waals surface area contributed by atoms with Crippen molar-refractivity contribution in [2.24, 2.45) is 0 Å². The van der Waals surface area contributed by atoms with E-state index in [1.54, 1.807) is 32.0 Å². The Morgan fingerprint density at radius 1 is 1.07 bits per heavy atom. The van der Waals surface area contributed by atoms with Crippen LogP contribution in [0.5, 0.6) is 0 Å². The molecule has 0 aliphatic rings. The minimum absolute atomic E-state index is 0.105. The van der Waals surface area contributed by atoms with Gasteiger partial charge in [0.05, 0.1) is 17.2 Å². The van der Waals surface area contributed by atoms with E-state index in [-0.39, 0.29) is 5.56 Å². The van der Waals surface area contributed by atoms with Gasteiger partial charge in [0.2, 0.25) is 0 Å². The summed E-state index contributed by atoms with van der Waals surface area (Å²) in [5, 5.41) is 13.0. The lowest BCUT2D eigenvalue weighted by molar-refractivity contribution is 0.400. The second-order valence-electron chi connectivity index (χ2n) is 6.15. The minimum atomic E-state index is -4.06. The fraction of sp³-hybridized carbons (Fsp3) is 0.158. The number of hydrogen-bond donors (Lipinski definition) is 0. The van der Waals surface area contributed by atoms with Crippen LogP contribution in [-0.4, -0.2) is 19.8 Å². The molecule has 3 rings (SSSR count). The topological polar surface area (TPSA) is 84.0 Å². The van der Waals surface area contributed by atoms with E-state index in [1.807, 2.05) is 0 Å². The monoisotopic (exact) mass is 388 g/mol. The average Bonchev–Trinajstić information content (AvgIpc) is 2.94. The average molecular weight is 388 g/mol. The van der Waals surface area contributed by atoms with Gasteiger partial charge in [-0.05, 0) is 49.2 Å². The maximum atomic E-state index is 14.3. The zero-order valence-corrected chi connectivity index (χ0v) is 15.5. The van der Waals surface area contributed by atoms with Crippen LogP contribution in [0.4, 0.5) is 8.78 Å². The Hall–Kier alpha value is -3.05. The van der Waals surface area contributed by atoms with Crippen molar-refractivity contribution < 1.29 is 21.7 Å². The normalized spacial score (nSPS) is 11.4. The van der Waals surface area contributed by atoms with E-state index >= 15 is 0 Å². The molecule has 138 valence electrons. The number of aryl methyl sites for hydroxylation is 2. The lowest BCUT2D eigenvalue weighted by Crippen LogP contribution is -2.05. The van der Waals surface area contributed by atoms with Crippen LogP contribution >= 0.6 is 0 Å². The molecule has 27 heavy (non-hydrogen) atoms. The number of sulfone groups is 1. The summed E-state index contributed by atoms with van der Waals surface area (Å²) in [6.07, 6.45) is 0.740. The Morgan fingerprint density at radius 3 is 2.22 bits per heavy atom. The second kappa shape index (κ2) is 6.59. The molecule has 0 saturated carbocycles. The van der Waals surface area contributed by atoms with E-state index in [9.17, 15) is 17.2 Å². The van der Waals surface area contributed by atoms with Gasteiger partial charge in [0, 0.05) is 11.8 Å². The number of rotatable bonds is 3. The van der Waals surface area contributed by atoms with Crippen molar-refractivity contribution in [3.63, 3.8) is 0 Å². The van der Waals surface area contributed by atoms with Gasteiger partial charge in [0.15, 0.2) is 9.84 Å². The lowest BCUT2D eigenvalue weighted by atomic mass is 9.97. The van der Waals surface area contributed by atoms with Crippen molar-refractivity contribution in [2.75, 3.05) is 6.26 Å². The van der Waals surface area contributed by atoms with Crippen LogP contribution < -0.4 is 0 Å². The van der Waals surface area contributed by atoms with Crippen LogP contribution in [0.3, 0.4) is 0 Å². The summed E-state index contributed by atoms with van der Waals surface area (Å²) in [7, 11) is -4.06. The first-order chi connectivity index (χ1) is 12.6. The molecule has 0 fully saturated rings. The summed E-state index contributed by atoms with van der Waals surface area (Å²) < 4.78 is 57.0. The first kappa shape index (κ1) is 18.7. The molecular formula is C19H14F2N2O3S. The van der Waals surface area contributed by atoms with Gasteiger partial charge in [-0.25, -0.2) is 17.2 Å². The maximum absolute atomic E-state index is 14.3. The first-order valence-electron chi connectivity index (χ1n) is 7.80. The molecule has 0 aliphatic carbocycles. The van der Waals surface area contributed by atoms with Crippen LogP contribution in [0.25, 0.3) is 22.4 Å². The van der Waals surface area contributed by atoms with Crippen LogP contribution in [0.1, 0.15) is 16.9 Å². The van der Waals surface area contributed by atoms with E-state index < -0.39 is 26.4 Å². The zero-order chi connectivity index (χ0) is 19.9. The summed E-state index contributed by atoms with van der Waals surface area (Å²) in [4.78, 5) is -0.976. The minimum Gasteiger partial charge on any atom is -0.360 e. The number of hydrogen-bond acceptors (Lipinski definition) is 5. The molecular weight excluding hydrogens is 374 g/mol. The molecule has 0 unspecified atom stereocenters. The van der Waals surface area contributed by atoms with Crippen LogP contribution in [0.2, 0.25) is 0 Å². The highest BCUT2D eigenvalue weighted by Crippen LogP contribution is 2.36. The van der Waals surface area contributed by atoms with Gasteiger partial charge in [-0.2, -0.15) is 5.26 Å². The van der Waals surface area contributed by atoms with Crippen molar-refractivity contribution in [3.8, 4) is 28.5 Å². The van der Waals surface area contributed by atoms with Crippen molar-refractivity contribution in [3.05, 3.63) is 58.9 Å². The molecule has 5 nitrogen and oxygen atoms in total. The van der Waals surface area contributed by atoms with Gasteiger partial charge in [0.1, 0.15) is 28.0 Å². The van der Waals surface area contributed by atoms with Gasteiger partial charge in [0.25, 0.3) is 0 Å². The third-order valence-electron chi connectivity index (χ3n) is 4.14. The number of aromatic nitrogens is 1. The Morgan fingerprint density at radius 2 is 1.70 bits per heavy atom. The molecule has 0 radical (unpaired) electrons. The third-order valence-corrected chi connectivity index (χ3v) is 5.27. The Kier molecular flexibility index (Phi) is 4.57. The highest BCUT2D eigenvalue weighted by molar-refractivity contribution is 7.90. The Labute approximate surface area is 154 Å². The number of benzene rings is 2. The summed E-state index contributed by atoms with van der Waals surface area (Å²) in [5.41, 5.74) is 2.60. The molecule has 0 N–H and O–H groups in total. The predicted molar refractivity (Wildman–Crippen MR) is 94.6 cm³/mol.